The summed E-state index contributed by atoms with van der Waals surface area (Å²) in [4.78, 5) is 0. The lowest BCUT2D eigenvalue weighted by Gasteiger charge is -2.30. The van der Waals surface area contributed by atoms with Crippen LogP contribution in [0.4, 0.5) is 0 Å². The van der Waals surface area contributed by atoms with Gasteiger partial charge in [-0.15, -0.1) is 0 Å². The fourth-order valence-corrected chi connectivity index (χ4v) is 4.15. The summed E-state index contributed by atoms with van der Waals surface area (Å²) in [5.41, 5.74) is 5.98. The van der Waals surface area contributed by atoms with Crippen LogP contribution in [0.3, 0.4) is 0 Å². The van der Waals surface area contributed by atoms with E-state index in [4.69, 9.17) is 15.2 Å². The fourth-order valence-electron chi connectivity index (χ4n) is 2.21. The predicted molar refractivity (Wildman–Crippen MR) is 59.2 cm³/mol. The molecule has 2 saturated heterocycles. The second-order valence-electron chi connectivity index (χ2n) is 4.30. The van der Waals surface area contributed by atoms with E-state index in [-0.39, 0.29) is 22.6 Å². The molecule has 0 aliphatic carbocycles. The van der Waals surface area contributed by atoms with Crippen molar-refractivity contribution in [2.75, 3.05) is 19.8 Å². The number of hydrogen-bond acceptors (Lipinski definition) is 4. The highest BCUT2D eigenvalue weighted by Crippen LogP contribution is 2.24. The first-order valence-electron chi connectivity index (χ1n) is 5.54. The maximum atomic E-state index is 12.3. The third-order valence-electron chi connectivity index (χ3n) is 3.26. The van der Waals surface area contributed by atoms with Crippen molar-refractivity contribution in [3.63, 3.8) is 0 Å². The molecule has 5 unspecified atom stereocenters. The van der Waals surface area contributed by atoms with E-state index < -0.39 is 10.8 Å². The summed E-state index contributed by atoms with van der Waals surface area (Å²) in [6.45, 7) is 3.95. The summed E-state index contributed by atoms with van der Waals surface area (Å²) >= 11 is 0. The summed E-state index contributed by atoms with van der Waals surface area (Å²) in [5, 5.41) is 0.135. The first-order chi connectivity index (χ1) is 7.20. The molecular formula is C10H19NO3S. The minimum Gasteiger partial charge on any atom is -0.380 e. The zero-order valence-corrected chi connectivity index (χ0v) is 9.87. The number of nitrogens with two attached hydrogens (primary N) is 1. The van der Waals surface area contributed by atoms with Gasteiger partial charge in [-0.25, -0.2) is 0 Å². The SMILES string of the molecule is CC1OCCC1S(=O)C1COCCC1N. The van der Waals surface area contributed by atoms with Crippen molar-refractivity contribution in [2.24, 2.45) is 5.73 Å². The highest BCUT2D eigenvalue weighted by Gasteiger charge is 2.37. The molecule has 2 rings (SSSR count). The normalized spacial score (nSPS) is 44.1. The quantitative estimate of drug-likeness (QED) is 0.731. The molecule has 0 saturated carbocycles. The van der Waals surface area contributed by atoms with Gasteiger partial charge in [0.15, 0.2) is 0 Å². The Balaban J connectivity index is 1.99. The summed E-state index contributed by atoms with van der Waals surface area (Å²) in [5.74, 6) is 0. The Labute approximate surface area is 93.0 Å². The lowest BCUT2D eigenvalue weighted by Crippen LogP contribution is -2.48. The van der Waals surface area contributed by atoms with Gasteiger partial charge in [-0.3, -0.25) is 4.21 Å². The summed E-state index contributed by atoms with van der Waals surface area (Å²) in [7, 11) is -0.917. The van der Waals surface area contributed by atoms with Crippen molar-refractivity contribution in [3.05, 3.63) is 0 Å². The van der Waals surface area contributed by atoms with Crippen LogP contribution in [0.5, 0.6) is 0 Å². The van der Waals surface area contributed by atoms with Gasteiger partial charge in [-0.1, -0.05) is 0 Å². The average molecular weight is 233 g/mol. The molecule has 0 aromatic carbocycles. The van der Waals surface area contributed by atoms with Gasteiger partial charge in [-0.2, -0.15) is 0 Å². The van der Waals surface area contributed by atoms with Gasteiger partial charge in [0.05, 0.1) is 23.2 Å². The molecule has 0 spiro atoms. The maximum Gasteiger partial charge on any atom is 0.0737 e. The molecule has 2 N–H and O–H groups in total. The fraction of sp³-hybridized carbons (Fsp3) is 1.00. The minimum absolute atomic E-state index is 0.00657. The van der Waals surface area contributed by atoms with Crippen LogP contribution in [0.25, 0.3) is 0 Å². The first-order valence-corrected chi connectivity index (χ1v) is 6.82. The standard InChI is InChI=1S/C10H19NO3S/c1-7-9(3-5-14-7)15(12)10-6-13-4-2-8(10)11/h7-10H,2-6,11H2,1H3. The summed E-state index contributed by atoms with van der Waals surface area (Å²) < 4.78 is 23.1. The topological polar surface area (TPSA) is 61.5 Å². The lowest BCUT2D eigenvalue weighted by atomic mass is 10.1. The van der Waals surface area contributed by atoms with Crippen LogP contribution < -0.4 is 5.73 Å². The summed E-state index contributed by atoms with van der Waals surface area (Å²) in [6, 6.07) is 0.0207. The Hall–Kier alpha value is 0.0300. The molecule has 0 aromatic rings. The van der Waals surface area contributed by atoms with E-state index in [1.807, 2.05) is 6.92 Å². The van der Waals surface area contributed by atoms with E-state index in [9.17, 15) is 4.21 Å². The minimum atomic E-state index is -0.917. The molecule has 5 atom stereocenters. The predicted octanol–water partition coefficient (Wildman–Crippen LogP) is 0.0287. The molecule has 2 fully saturated rings. The molecule has 2 aliphatic heterocycles. The van der Waals surface area contributed by atoms with Crippen LogP contribution in [0.2, 0.25) is 0 Å². The van der Waals surface area contributed by atoms with Gasteiger partial charge in [0.25, 0.3) is 0 Å². The van der Waals surface area contributed by atoms with Crippen LogP contribution in [-0.4, -0.2) is 46.7 Å². The maximum absolute atomic E-state index is 12.3. The molecule has 2 heterocycles. The molecular weight excluding hydrogens is 214 g/mol. The van der Waals surface area contributed by atoms with Crippen molar-refractivity contribution >= 4 is 10.8 Å². The first kappa shape index (κ1) is 11.5. The molecule has 0 radical (unpaired) electrons. The molecule has 2 aliphatic rings. The Morgan fingerprint density at radius 2 is 2.07 bits per heavy atom. The average Bonchev–Trinajstić information content (AvgIpc) is 2.64. The van der Waals surface area contributed by atoms with Crippen LogP contribution >= 0.6 is 0 Å². The van der Waals surface area contributed by atoms with Gasteiger partial charge >= 0.3 is 0 Å². The van der Waals surface area contributed by atoms with Crippen molar-refractivity contribution in [3.8, 4) is 0 Å². The van der Waals surface area contributed by atoms with Gasteiger partial charge in [0.1, 0.15) is 0 Å². The number of hydrogen-bond donors (Lipinski definition) is 1. The molecule has 0 bridgehead atoms. The molecule has 15 heavy (non-hydrogen) atoms. The van der Waals surface area contributed by atoms with Crippen molar-refractivity contribution in [1.29, 1.82) is 0 Å². The highest BCUT2D eigenvalue weighted by molar-refractivity contribution is 7.86. The third kappa shape index (κ3) is 2.41. The Bertz CT molecular complexity index is 249. The Morgan fingerprint density at radius 3 is 2.67 bits per heavy atom. The second-order valence-corrected chi connectivity index (χ2v) is 6.17. The van der Waals surface area contributed by atoms with Crippen LogP contribution in [0, 0.1) is 0 Å². The zero-order chi connectivity index (χ0) is 10.8. The molecule has 0 aromatic heterocycles. The van der Waals surface area contributed by atoms with E-state index in [0.29, 0.717) is 13.2 Å². The van der Waals surface area contributed by atoms with Gasteiger partial charge < -0.3 is 15.2 Å². The van der Waals surface area contributed by atoms with E-state index in [1.165, 1.54) is 0 Å². The Morgan fingerprint density at radius 1 is 1.27 bits per heavy atom. The monoisotopic (exact) mass is 233 g/mol. The largest absolute Gasteiger partial charge is 0.380 e. The highest BCUT2D eigenvalue weighted by atomic mass is 32.2. The van der Waals surface area contributed by atoms with E-state index in [2.05, 4.69) is 0 Å². The molecule has 0 amide bonds. The van der Waals surface area contributed by atoms with E-state index in [0.717, 1.165) is 19.4 Å². The smallest absolute Gasteiger partial charge is 0.0737 e. The number of rotatable bonds is 2. The zero-order valence-electron chi connectivity index (χ0n) is 9.06. The van der Waals surface area contributed by atoms with Crippen molar-refractivity contribution in [1.82, 2.24) is 0 Å². The van der Waals surface area contributed by atoms with E-state index in [1.54, 1.807) is 0 Å². The number of ether oxygens (including phenoxy) is 2. The van der Waals surface area contributed by atoms with Crippen molar-refractivity contribution in [2.45, 2.75) is 42.4 Å². The summed E-state index contributed by atoms with van der Waals surface area (Å²) in [6.07, 6.45) is 1.80. The molecule has 88 valence electrons. The third-order valence-corrected chi connectivity index (χ3v) is 5.56. The van der Waals surface area contributed by atoms with Gasteiger partial charge in [0, 0.05) is 30.1 Å². The molecule has 4 nitrogen and oxygen atoms in total. The van der Waals surface area contributed by atoms with Crippen LogP contribution in [0.15, 0.2) is 0 Å². The second kappa shape index (κ2) is 4.91. The molecule has 5 heteroatoms. The van der Waals surface area contributed by atoms with Gasteiger partial charge in [0.2, 0.25) is 0 Å². The van der Waals surface area contributed by atoms with Crippen molar-refractivity contribution < 1.29 is 13.7 Å². The van der Waals surface area contributed by atoms with E-state index >= 15 is 0 Å². The van der Waals surface area contributed by atoms with Crippen LogP contribution in [0.1, 0.15) is 19.8 Å². The van der Waals surface area contributed by atoms with Gasteiger partial charge in [-0.05, 0) is 19.8 Å². The van der Waals surface area contributed by atoms with Crippen LogP contribution in [-0.2, 0) is 20.3 Å². The Kier molecular flexibility index (Phi) is 3.77. The lowest BCUT2D eigenvalue weighted by molar-refractivity contribution is 0.0896.